The van der Waals surface area contributed by atoms with E-state index in [4.69, 9.17) is 14.0 Å². The first-order valence-electron chi connectivity index (χ1n) is 9.14. The Morgan fingerprint density at radius 1 is 1.22 bits per heavy atom. The highest BCUT2D eigenvalue weighted by atomic mass is 32.7. The van der Waals surface area contributed by atoms with Crippen molar-refractivity contribution in [3.05, 3.63) is 0 Å². The van der Waals surface area contributed by atoms with Crippen molar-refractivity contribution >= 4 is 40.4 Å². The van der Waals surface area contributed by atoms with E-state index in [2.05, 4.69) is 10.4 Å². The number of hydrogen-bond acceptors (Lipinski definition) is 7. The van der Waals surface area contributed by atoms with Crippen LogP contribution in [0.25, 0.3) is 0 Å². The quantitative estimate of drug-likeness (QED) is 0.217. The van der Waals surface area contributed by atoms with E-state index in [-0.39, 0.29) is 30.9 Å². The lowest BCUT2D eigenvalue weighted by Gasteiger charge is -2.26. The molecule has 0 spiro atoms. The van der Waals surface area contributed by atoms with Gasteiger partial charge in [0.05, 0.1) is 18.6 Å². The Morgan fingerprint density at radius 3 is 2.30 bits per heavy atom. The number of ether oxygens (including phenoxy) is 2. The van der Waals surface area contributed by atoms with Crippen molar-refractivity contribution < 1.29 is 28.2 Å². The summed E-state index contributed by atoms with van der Waals surface area (Å²) >= 11 is 1.10. The lowest BCUT2D eigenvalue weighted by Crippen LogP contribution is -2.39. The molecule has 3 atom stereocenters. The highest BCUT2D eigenvalue weighted by Gasteiger charge is 2.31. The Balaban J connectivity index is 4.59. The predicted octanol–water partition coefficient (Wildman–Crippen LogP) is 2.26. The van der Waals surface area contributed by atoms with Crippen LogP contribution in [0, 0.1) is 5.92 Å². The molecule has 27 heavy (non-hydrogen) atoms. The lowest BCUT2D eigenvalue weighted by molar-refractivity contribution is -0.151. The van der Waals surface area contributed by atoms with Crippen LogP contribution in [0.15, 0.2) is 0 Å². The normalized spacial score (nSPS) is 16.4. The molecule has 0 aromatic carbocycles. The minimum absolute atomic E-state index is 0.194. The SMILES string of the molecule is CCOP(=O)(NC([SiH3])[C@@H](C)C(=O)OC(C)C)SCCNC(=O)OC(C)(C)C. The first kappa shape index (κ1) is 26.5. The molecule has 8 nitrogen and oxygen atoms in total. The van der Waals surface area contributed by atoms with Gasteiger partial charge in [-0.15, -0.1) is 0 Å². The van der Waals surface area contributed by atoms with E-state index in [0.29, 0.717) is 16.0 Å². The summed E-state index contributed by atoms with van der Waals surface area (Å²) in [7, 11) is 0.594. The molecule has 0 aromatic rings. The fourth-order valence-electron chi connectivity index (χ4n) is 1.82. The van der Waals surface area contributed by atoms with E-state index >= 15 is 0 Å². The Kier molecular flexibility index (Phi) is 11.9. The summed E-state index contributed by atoms with van der Waals surface area (Å²) in [6, 6.07) is 0. The van der Waals surface area contributed by atoms with Gasteiger partial charge >= 0.3 is 18.8 Å². The first-order chi connectivity index (χ1) is 12.3. The van der Waals surface area contributed by atoms with Gasteiger partial charge in [-0.1, -0.05) is 18.3 Å². The van der Waals surface area contributed by atoms with Crippen molar-refractivity contribution in [3.63, 3.8) is 0 Å². The fourth-order valence-corrected chi connectivity index (χ4v) is 7.65. The molecule has 0 bridgehead atoms. The van der Waals surface area contributed by atoms with Crippen LogP contribution in [0.4, 0.5) is 4.79 Å². The highest BCUT2D eigenvalue weighted by molar-refractivity contribution is 8.56. The molecular formula is C16H35N2O6PSSi. The van der Waals surface area contributed by atoms with Crippen molar-refractivity contribution in [1.29, 1.82) is 0 Å². The molecule has 0 aliphatic rings. The maximum absolute atomic E-state index is 13.0. The van der Waals surface area contributed by atoms with Crippen molar-refractivity contribution in [2.75, 3.05) is 18.9 Å². The van der Waals surface area contributed by atoms with Gasteiger partial charge in [-0.2, -0.15) is 0 Å². The third-order valence-corrected chi connectivity index (χ3v) is 9.19. The van der Waals surface area contributed by atoms with Gasteiger partial charge in [-0.25, -0.2) is 9.88 Å². The molecule has 0 saturated heterocycles. The summed E-state index contributed by atoms with van der Waals surface area (Å²) in [5.41, 5.74) is -0.833. The van der Waals surface area contributed by atoms with Crippen LogP contribution >= 0.6 is 18.1 Å². The van der Waals surface area contributed by atoms with Gasteiger partial charge in [0.1, 0.15) is 5.60 Å². The van der Waals surface area contributed by atoms with Gasteiger partial charge < -0.3 is 19.3 Å². The highest BCUT2D eigenvalue weighted by Crippen LogP contribution is 2.56. The Morgan fingerprint density at radius 2 is 1.81 bits per heavy atom. The Bertz CT molecular complexity index is 530. The average Bonchev–Trinajstić information content (AvgIpc) is 2.48. The monoisotopic (exact) mass is 442 g/mol. The summed E-state index contributed by atoms with van der Waals surface area (Å²) in [5, 5.41) is 5.61. The second-order valence-corrected chi connectivity index (χ2v) is 13.0. The van der Waals surface area contributed by atoms with Crippen LogP contribution in [-0.2, 0) is 23.4 Å². The summed E-state index contributed by atoms with van der Waals surface area (Å²) in [6.45, 7) is 9.79. The minimum Gasteiger partial charge on any atom is -0.463 e. The van der Waals surface area contributed by atoms with E-state index in [1.807, 2.05) is 0 Å². The topological polar surface area (TPSA) is 103 Å². The van der Waals surface area contributed by atoms with E-state index in [0.717, 1.165) is 11.4 Å². The maximum atomic E-state index is 13.0. The van der Waals surface area contributed by atoms with Crippen LogP contribution < -0.4 is 10.4 Å². The van der Waals surface area contributed by atoms with Crippen LogP contribution in [0.1, 0.15) is 48.5 Å². The largest absolute Gasteiger partial charge is 0.463 e. The first-order valence-corrected chi connectivity index (χ1v) is 13.5. The van der Waals surface area contributed by atoms with Crippen LogP contribution in [0.3, 0.4) is 0 Å². The maximum Gasteiger partial charge on any atom is 0.407 e. The summed E-state index contributed by atoms with van der Waals surface area (Å²) in [5.74, 6) is -0.367. The summed E-state index contributed by atoms with van der Waals surface area (Å²) in [4.78, 5) is 23.7. The lowest BCUT2D eigenvalue weighted by atomic mass is 10.2. The molecule has 0 aliphatic carbocycles. The third kappa shape index (κ3) is 12.5. The molecule has 0 radical (unpaired) electrons. The number of alkyl carbamates (subject to hydrolysis) is 1. The number of carbonyl (C=O) groups is 2. The van der Waals surface area contributed by atoms with Gasteiger partial charge in [-0.3, -0.25) is 9.36 Å². The van der Waals surface area contributed by atoms with Crippen molar-refractivity contribution in [2.45, 2.75) is 65.8 Å². The zero-order chi connectivity index (χ0) is 21.3. The molecule has 0 saturated carbocycles. The number of esters is 1. The molecule has 0 aliphatic heterocycles. The van der Waals surface area contributed by atoms with E-state index in [9.17, 15) is 14.2 Å². The van der Waals surface area contributed by atoms with Crippen molar-refractivity contribution in [1.82, 2.24) is 10.4 Å². The molecule has 160 valence electrons. The molecule has 2 N–H and O–H groups in total. The van der Waals surface area contributed by atoms with Gasteiger partial charge in [0.2, 0.25) is 0 Å². The predicted molar refractivity (Wildman–Crippen MR) is 113 cm³/mol. The number of amides is 1. The van der Waals surface area contributed by atoms with Crippen LogP contribution in [0.2, 0.25) is 0 Å². The van der Waals surface area contributed by atoms with Crippen LogP contribution in [0.5, 0.6) is 0 Å². The van der Waals surface area contributed by atoms with Gasteiger partial charge in [0.15, 0.2) is 0 Å². The van der Waals surface area contributed by atoms with Gasteiger partial charge in [0, 0.05) is 28.2 Å². The van der Waals surface area contributed by atoms with Crippen molar-refractivity contribution in [3.8, 4) is 0 Å². The summed E-state index contributed by atoms with van der Waals surface area (Å²) in [6.07, 6.45) is -0.714. The van der Waals surface area contributed by atoms with Crippen LogP contribution in [-0.4, -0.2) is 58.6 Å². The molecule has 2 unspecified atom stereocenters. The standard InChI is InChI=1S/C16H35N2O6PSSi/c1-8-22-25(21,18-13(27)12(4)14(19)23-11(2)3)26-10-9-17-15(20)24-16(5,6)7/h11-13H,8-10H2,1-7,27H3,(H,17,20)(H,18,21)/t12-,13?,25?/m1/s1. The fraction of sp³-hybridized carbons (Fsp3) is 0.875. The smallest absolute Gasteiger partial charge is 0.407 e. The molecule has 11 heteroatoms. The Hall–Kier alpha value is -0.543. The second-order valence-electron chi connectivity index (χ2n) is 7.37. The molecule has 0 rings (SSSR count). The molecule has 0 fully saturated rings. The third-order valence-electron chi connectivity index (χ3n) is 3.17. The molecule has 0 heterocycles. The zero-order valence-electron chi connectivity index (χ0n) is 17.7. The van der Waals surface area contributed by atoms with E-state index in [1.54, 1.807) is 48.5 Å². The average molecular weight is 443 g/mol. The second kappa shape index (κ2) is 12.1. The van der Waals surface area contributed by atoms with E-state index in [1.165, 1.54) is 0 Å². The molecule has 0 aromatic heterocycles. The number of hydrogen-bond donors (Lipinski definition) is 2. The van der Waals surface area contributed by atoms with Crippen molar-refractivity contribution in [2.24, 2.45) is 5.92 Å². The van der Waals surface area contributed by atoms with E-state index < -0.39 is 24.3 Å². The minimum atomic E-state index is -3.20. The summed E-state index contributed by atoms with van der Waals surface area (Å²) < 4.78 is 28.8. The van der Waals surface area contributed by atoms with Gasteiger partial charge in [-0.05, 0) is 41.5 Å². The molecular weight excluding hydrogens is 407 g/mol. The number of nitrogens with one attached hydrogen (secondary N) is 2. The Labute approximate surface area is 169 Å². The number of rotatable bonds is 11. The molecule has 1 amide bonds. The van der Waals surface area contributed by atoms with Gasteiger partial charge in [0.25, 0.3) is 0 Å². The number of carbonyl (C=O) groups excluding carboxylic acids is 2. The zero-order valence-corrected chi connectivity index (χ0v) is 21.4.